The molecule has 2 aliphatic rings. The number of Topliss-reactive ketones (excluding diaryl/α,β-unsaturated/α-hetero) is 2. The van der Waals surface area contributed by atoms with Crippen LogP contribution in [0, 0.1) is 23.2 Å². The Morgan fingerprint density at radius 1 is 0.776 bits per heavy atom. The summed E-state index contributed by atoms with van der Waals surface area (Å²) in [6.45, 7) is 18.3. The molecule has 1 fully saturated rings. The number of esters is 6. The molecule has 49 heavy (non-hydrogen) atoms. The smallest absolute Gasteiger partial charge is 0.309 e. The summed E-state index contributed by atoms with van der Waals surface area (Å²) in [7, 11) is 0. The first-order valence-corrected chi connectivity index (χ1v) is 16.0. The van der Waals surface area contributed by atoms with E-state index in [1.165, 1.54) is 39.8 Å². The van der Waals surface area contributed by atoms with Crippen LogP contribution in [-0.2, 0) is 66.8 Å². The molecule has 0 aromatic carbocycles. The van der Waals surface area contributed by atoms with E-state index in [4.69, 9.17) is 28.4 Å². The molecule has 0 spiro atoms. The molecule has 2 rings (SSSR count). The molecule has 0 saturated heterocycles. The van der Waals surface area contributed by atoms with Crippen LogP contribution in [0.5, 0.6) is 0 Å². The highest BCUT2D eigenvalue weighted by atomic mass is 16.6. The molecule has 1 saturated carbocycles. The minimum absolute atomic E-state index is 0.337. The van der Waals surface area contributed by atoms with E-state index >= 15 is 0 Å². The maximum atomic E-state index is 14.7. The number of rotatable bonds is 8. The second-order valence-electron chi connectivity index (χ2n) is 13.5. The van der Waals surface area contributed by atoms with Gasteiger partial charge in [-0.1, -0.05) is 39.5 Å². The molecule has 0 aromatic rings. The molecule has 0 aliphatic heterocycles. The molecule has 0 aromatic heterocycles. The molecule has 0 bridgehead atoms. The molecular weight excluding hydrogens is 644 g/mol. The van der Waals surface area contributed by atoms with Crippen molar-refractivity contribution in [1.29, 1.82) is 0 Å². The summed E-state index contributed by atoms with van der Waals surface area (Å²) in [5.41, 5.74) is -6.09. The Morgan fingerprint density at radius 2 is 1.29 bits per heavy atom. The van der Waals surface area contributed by atoms with Crippen LogP contribution in [0.1, 0.15) is 89.0 Å². The zero-order valence-corrected chi connectivity index (χ0v) is 30.0. The van der Waals surface area contributed by atoms with E-state index in [1.807, 2.05) is 0 Å². The van der Waals surface area contributed by atoms with Crippen molar-refractivity contribution in [3.63, 3.8) is 0 Å². The highest BCUT2D eigenvalue weighted by molar-refractivity contribution is 5.96. The highest BCUT2D eigenvalue weighted by Gasteiger charge is 2.72. The van der Waals surface area contributed by atoms with E-state index in [2.05, 4.69) is 6.58 Å². The Kier molecular flexibility index (Phi) is 12.9. The van der Waals surface area contributed by atoms with Crippen LogP contribution in [0.3, 0.4) is 0 Å². The average molecular weight is 693 g/mol. The van der Waals surface area contributed by atoms with Gasteiger partial charge in [-0.05, 0) is 27.2 Å². The Bertz CT molecular complexity index is 1420. The van der Waals surface area contributed by atoms with Crippen molar-refractivity contribution < 1.29 is 66.8 Å². The van der Waals surface area contributed by atoms with Crippen LogP contribution >= 0.6 is 0 Å². The lowest BCUT2D eigenvalue weighted by atomic mass is 9.72. The SMILES string of the molecule is C=C1[C@H](OC(C)=O)[C@H]2[C@@H](OC(C)=O)[C@](C)(OC(C)=O)C[C@]2(OC(C)=O)C(=O)[C@@H](C)/C=C/C(C)(C)C(=O)[C@@H](OC(=O)[C@H](C)CC)[C@H]1OC(C)=O. The number of ketones is 2. The van der Waals surface area contributed by atoms with Gasteiger partial charge in [-0.3, -0.25) is 38.4 Å². The van der Waals surface area contributed by atoms with E-state index in [-0.39, 0.29) is 5.57 Å². The molecule has 14 nitrogen and oxygen atoms in total. The standard InChI is InChI=1S/C35H48O14/c1-13-17(2)32(43)47-28-27(45-21(6)37)19(4)26(44-20(5)36)25-31(46-22(7)38)34(12,48-23(8)39)16-35(25,49-24(9)40)29(41)18(3)14-15-33(10,11)30(28)42/h14-15,17-18,25-28,31H,4,13,16H2,1-3,5-12H3/b15-14+/t17-,18+,25+,26+,27+,28+,31-,34-,35-/m1/s1. The number of ether oxygens (including phenoxy) is 6. The topological polar surface area (TPSA) is 192 Å². The maximum absolute atomic E-state index is 14.7. The third-order valence-electron chi connectivity index (χ3n) is 8.78. The van der Waals surface area contributed by atoms with Crippen LogP contribution in [0.2, 0.25) is 0 Å². The summed E-state index contributed by atoms with van der Waals surface area (Å²) in [6.07, 6.45) is -4.68. The van der Waals surface area contributed by atoms with Crippen LogP contribution in [0.15, 0.2) is 24.3 Å². The first-order chi connectivity index (χ1) is 22.4. The Labute approximate surface area is 286 Å². The van der Waals surface area contributed by atoms with Crippen molar-refractivity contribution in [2.75, 3.05) is 0 Å². The van der Waals surface area contributed by atoms with Crippen LogP contribution in [0.25, 0.3) is 0 Å². The van der Waals surface area contributed by atoms with Gasteiger partial charge >= 0.3 is 35.8 Å². The lowest BCUT2D eigenvalue weighted by Gasteiger charge is -2.42. The summed E-state index contributed by atoms with van der Waals surface area (Å²) in [4.78, 5) is 106. The molecule has 0 unspecified atom stereocenters. The quantitative estimate of drug-likeness (QED) is 0.204. The second kappa shape index (κ2) is 15.5. The Hall–Kier alpha value is -4.36. The molecule has 2 aliphatic carbocycles. The first kappa shape index (κ1) is 40.8. The molecule has 272 valence electrons. The van der Waals surface area contributed by atoms with Gasteiger partial charge in [-0.2, -0.15) is 0 Å². The number of carbonyl (C=O) groups excluding carboxylic acids is 8. The van der Waals surface area contributed by atoms with Gasteiger partial charge in [0.15, 0.2) is 35.0 Å². The van der Waals surface area contributed by atoms with Gasteiger partial charge in [0, 0.05) is 57.9 Å². The Morgan fingerprint density at radius 3 is 1.76 bits per heavy atom. The third-order valence-corrected chi connectivity index (χ3v) is 8.78. The van der Waals surface area contributed by atoms with Gasteiger partial charge in [-0.15, -0.1) is 0 Å². The largest absolute Gasteiger partial charge is 0.458 e. The molecule has 9 atom stereocenters. The van der Waals surface area contributed by atoms with Gasteiger partial charge in [0.2, 0.25) is 6.10 Å². The van der Waals surface area contributed by atoms with Crippen LogP contribution in [0.4, 0.5) is 0 Å². The number of allylic oxidation sites excluding steroid dienone is 2. The van der Waals surface area contributed by atoms with E-state index in [0.29, 0.717) is 6.42 Å². The number of hydrogen-bond donors (Lipinski definition) is 0. The highest BCUT2D eigenvalue weighted by Crippen LogP contribution is 2.54. The number of fused-ring (bicyclic) bond motifs is 1. The Balaban J connectivity index is 3.21. The summed E-state index contributed by atoms with van der Waals surface area (Å²) in [5, 5.41) is 0. The maximum Gasteiger partial charge on any atom is 0.309 e. The van der Waals surface area contributed by atoms with Gasteiger partial charge in [0.1, 0.15) is 6.10 Å². The minimum atomic E-state index is -2.35. The zero-order chi connectivity index (χ0) is 37.8. The van der Waals surface area contributed by atoms with Crippen molar-refractivity contribution in [2.45, 2.75) is 125 Å². The summed E-state index contributed by atoms with van der Waals surface area (Å²) in [5.74, 6) is -10.5. The van der Waals surface area contributed by atoms with Crippen molar-refractivity contribution in [3.05, 3.63) is 24.3 Å². The summed E-state index contributed by atoms with van der Waals surface area (Å²) >= 11 is 0. The van der Waals surface area contributed by atoms with Crippen molar-refractivity contribution in [3.8, 4) is 0 Å². The number of carbonyl (C=O) groups is 8. The van der Waals surface area contributed by atoms with E-state index in [1.54, 1.807) is 13.8 Å². The number of hydrogen-bond acceptors (Lipinski definition) is 14. The predicted molar refractivity (Wildman–Crippen MR) is 170 cm³/mol. The lowest BCUT2D eigenvalue weighted by Crippen LogP contribution is -2.58. The van der Waals surface area contributed by atoms with Gasteiger partial charge < -0.3 is 28.4 Å². The van der Waals surface area contributed by atoms with Crippen molar-refractivity contribution in [1.82, 2.24) is 0 Å². The van der Waals surface area contributed by atoms with Gasteiger partial charge in [0.25, 0.3) is 0 Å². The molecule has 14 heteroatoms. The molecule has 0 N–H and O–H groups in total. The third kappa shape index (κ3) is 9.01. The summed E-state index contributed by atoms with van der Waals surface area (Å²) in [6, 6.07) is 0. The second-order valence-corrected chi connectivity index (χ2v) is 13.5. The fraction of sp³-hybridized carbons (Fsp3) is 0.657. The van der Waals surface area contributed by atoms with E-state index in [0.717, 1.165) is 34.6 Å². The fourth-order valence-corrected chi connectivity index (χ4v) is 6.43. The van der Waals surface area contributed by atoms with Crippen LogP contribution in [-0.4, -0.2) is 83.0 Å². The zero-order valence-electron chi connectivity index (χ0n) is 30.0. The monoisotopic (exact) mass is 692 g/mol. The normalized spacial score (nSPS) is 32.6. The van der Waals surface area contributed by atoms with Crippen molar-refractivity contribution in [2.24, 2.45) is 23.2 Å². The predicted octanol–water partition coefficient (Wildman–Crippen LogP) is 3.31. The molecule has 0 heterocycles. The summed E-state index contributed by atoms with van der Waals surface area (Å²) < 4.78 is 34.4. The average Bonchev–Trinajstić information content (AvgIpc) is 3.19. The molecular formula is C35H48O14. The minimum Gasteiger partial charge on any atom is -0.458 e. The van der Waals surface area contributed by atoms with Gasteiger partial charge in [-0.25, -0.2) is 0 Å². The van der Waals surface area contributed by atoms with Crippen LogP contribution < -0.4 is 0 Å². The molecule has 0 amide bonds. The molecule has 0 radical (unpaired) electrons. The van der Waals surface area contributed by atoms with E-state index in [9.17, 15) is 38.4 Å². The van der Waals surface area contributed by atoms with Gasteiger partial charge in [0.05, 0.1) is 11.8 Å². The lowest BCUT2D eigenvalue weighted by molar-refractivity contribution is -0.191. The first-order valence-electron chi connectivity index (χ1n) is 16.0. The fourth-order valence-electron chi connectivity index (χ4n) is 6.43. The van der Waals surface area contributed by atoms with E-state index < -0.39 is 113 Å². The van der Waals surface area contributed by atoms with Crippen molar-refractivity contribution >= 4 is 47.4 Å².